The van der Waals surface area contributed by atoms with E-state index in [-0.39, 0.29) is 53.1 Å². The molecule has 1 amide bonds. The Morgan fingerprint density at radius 3 is 2.36 bits per heavy atom. The van der Waals surface area contributed by atoms with Crippen molar-refractivity contribution in [2.75, 3.05) is 27.3 Å². The Morgan fingerprint density at radius 2 is 1.76 bits per heavy atom. The van der Waals surface area contributed by atoms with E-state index in [0.29, 0.717) is 29.2 Å². The first kappa shape index (κ1) is 23.1. The molecule has 0 aromatic heterocycles. The van der Waals surface area contributed by atoms with Crippen LogP contribution in [0, 0.1) is 10.1 Å². The molecule has 4 rings (SSSR count). The van der Waals surface area contributed by atoms with Crippen molar-refractivity contribution in [1.82, 2.24) is 4.90 Å². The van der Waals surface area contributed by atoms with Crippen LogP contribution in [0.1, 0.15) is 40.0 Å². The number of piperidine rings is 1. The molecule has 0 saturated carbocycles. The van der Waals surface area contributed by atoms with Crippen LogP contribution in [-0.2, 0) is 0 Å². The number of halogens is 2. The molecule has 1 saturated heterocycles. The number of methoxy groups -OCH3 is 2. The van der Waals surface area contributed by atoms with Crippen molar-refractivity contribution in [1.29, 1.82) is 0 Å². The number of hydrogen-bond donors (Lipinski definition) is 0. The number of nitrogens with zero attached hydrogens (tertiary/aromatic N) is 2. The van der Waals surface area contributed by atoms with Gasteiger partial charge in [-0.15, -0.1) is 0 Å². The fraction of sp³-hybridized carbons (Fsp3) is 0.364. The smallest absolute Gasteiger partial charge is 0.286 e. The Kier molecular flexibility index (Phi) is 6.11. The molecule has 0 bridgehead atoms. The highest BCUT2D eigenvalue weighted by atomic mass is 35.5. The zero-order chi connectivity index (χ0) is 23.9. The molecule has 0 radical (unpaired) electrons. The van der Waals surface area contributed by atoms with Gasteiger partial charge in [-0.2, -0.15) is 0 Å². The second kappa shape index (κ2) is 8.72. The third-order valence-electron chi connectivity index (χ3n) is 6.00. The molecule has 2 heterocycles. The molecule has 33 heavy (non-hydrogen) atoms. The van der Waals surface area contributed by atoms with Gasteiger partial charge >= 0.3 is 0 Å². The van der Waals surface area contributed by atoms with Crippen molar-refractivity contribution in [2.24, 2.45) is 0 Å². The van der Waals surface area contributed by atoms with Crippen molar-refractivity contribution in [3.05, 3.63) is 55.6 Å². The first-order valence-electron chi connectivity index (χ1n) is 10.1. The summed E-state index contributed by atoms with van der Waals surface area (Å²) >= 11 is 12.3. The van der Waals surface area contributed by atoms with E-state index < -0.39 is 16.4 Å². The highest BCUT2D eigenvalue weighted by molar-refractivity contribution is 6.36. The van der Waals surface area contributed by atoms with Crippen LogP contribution in [0.5, 0.6) is 17.2 Å². The van der Waals surface area contributed by atoms with Gasteiger partial charge < -0.3 is 19.1 Å². The van der Waals surface area contributed by atoms with Crippen molar-refractivity contribution in [3.63, 3.8) is 0 Å². The average Bonchev–Trinajstić information content (AvgIpc) is 2.79. The van der Waals surface area contributed by atoms with Gasteiger partial charge in [0, 0.05) is 37.0 Å². The molecule has 1 fully saturated rings. The van der Waals surface area contributed by atoms with E-state index >= 15 is 0 Å². The molecule has 9 nitrogen and oxygen atoms in total. The van der Waals surface area contributed by atoms with Crippen LogP contribution in [0.25, 0.3) is 0 Å². The predicted molar refractivity (Wildman–Crippen MR) is 120 cm³/mol. The number of hydrogen-bond acceptors (Lipinski definition) is 7. The fourth-order valence-electron chi connectivity index (χ4n) is 4.27. The van der Waals surface area contributed by atoms with E-state index in [0.717, 1.165) is 0 Å². The van der Waals surface area contributed by atoms with E-state index in [2.05, 4.69) is 0 Å². The Labute approximate surface area is 199 Å². The summed E-state index contributed by atoms with van der Waals surface area (Å²) in [6.07, 6.45) is 0.864. The summed E-state index contributed by atoms with van der Waals surface area (Å²) in [5, 5.41) is 12.2. The van der Waals surface area contributed by atoms with Crippen LogP contribution in [0.4, 0.5) is 5.69 Å². The molecule has 2 aliphatic heterocycles. The monoisotopic (exact) mass is 494 g/mol. The molecule has 11 heteroatoms. The molecule has 2 aliphatic rings. The summed E-state index contributed by atoms with van der Waals surface area (Å²) in [7, 11) is 2.74. The van der Waals surface area contributed by atoms with Crippen LogP contribution in [0.15, 0.2) is 24.3 Å². The zero-order valence-electron chi connectivity index (χ0n) is 17.9. The molecule has 174 valence electrons. The fourth-order valence-corrected chi connectivity index (χ4v) is 4.80. The number of likely N-dealkylation sites (tertiary alicyclic amines) is 1. The summed E-state index contributed by atoms with van der Waals surface area (Å²) < 4.78 is 16.5. The predicted octanol–water partition coefficient (Wildman–Crippen LogP) is 4.56. The van der Waals surface area contributed by atoms with Crippen LogP contribution in [0.2, 0.25) is 10.0 Å². The summed E-state index contributed by atoms with van der Waals surface area (Å²) in [6, 6.07) is 5.53. The van der Waals surface area contributed by atoms with Crippen molar-refractivity contribution in [2.45, 2.75) is 24.9 Å². The number of Topliss-reactive ketones (excluding diaryl/α,β-unsaturated/α-hetero) is 1. The largest absolute Gasteiger partial charge is 0.493 e. The van der Waals surface area contributed by atoms with Gasteiger partial charge in [-0.3, -0.25) is 19.7 Å². The number of nitro groups is 1. The number of fused-ring (bicyclic) bond motifs is 1. The molecule has 0 N–H and O–H groups in total. The summed E-state index contributed by atoms with van der Waals surface area (Å²) in [6.45, 7) is 0.496. The first-order chi connectivity index (χ1) is 15.7. The molecule has 1 spiro atoms. The maximum atomic E-state index is 13.2. The van der Waals surface area contributed by atoms with Gasteiger partial charge in [-0.25, -0.2) is 0 Å². The third kappa shape index (κ3) is 4.18. The minimum absolute atomic E-state index is 0.0997. The molecule has 0 atom stereocenters. The van der Waals surface area contributed by atoms with Gasteiger partial charge in [-0.1, -0.05) is 23.2 Å². The summed E-state index contributed by atoms with van der Waals surface area (Å²) in [5.74, 6) is 0.0302. The van der Waals surface area contributed by atoms with Crippen molar-refractivity contribution >= 4 is 40.6 Å². The second-order valence-corrected chi connectivity index (χ2v) is 8.77. The molecular formula is C22H20Cl2N2O7. The Hall–Kier alpha value is -3.04. The van der Waals surface area contributed by atoms with Crippen molar-refractivity contribution < 1.29 is 28.7 Å². The first-order valence-corrected chi connectivity index (χ1v) is 10.8. The Bertz CT molecular complexity index is 1160. The Morgan fingerprint density at radius 1 is 1.12 bits per heavy atom. The molecule has 0 aliphatic carbocycles. The molecule has 2 aromatic rings. The highest BCUT2D eigenvalue weighted by Gasteiger charge is 2.45. The van der Waals surface area contributed by atoms with Gasteiger partial charge in [0.2, 0.25) is 0 Å². The second-order valence-electron chi connectivity index (χ2n) is 7.92. The van der Waals surface area contributed by atoms with E-state index in [9.17, 15) is 19.7 Å². The average molecular weight is 495 g/mol. The summed E-state index contributed by atoms with van der Waals surface area (Å²) in [4.78, 5) is 38.4. The number of nitro benzene ring substituents is 1. The lowest BCUT2D eigenvalue weighted by Gasteiger charge is -2.44. The number of rotatable bonds is 4. The van der Waals surface area contributed by atoms with Crippen molar-refractivity contribution in [3.8, 4) is 17.2 Å². The lowest BCUT2D eigenvalue weighted by atomic mass is 9.82. The van der Waals surface area contributed by atoms with Gasteiger partial charge in [-0.05, 0) is 12.1 Å². The van der Waals surface area contributed by atoms with Crippen LogP contribution in [0.3, 0.4) is 0 Å². The number of carbonyl (C=O) groups excluding carboxylic acids is 2. The normalized spacial score (nSPS) is 16.7. The third-order valence-corrected chi connectivity index (χ3v) is 6.50. The quantitative estimate of drug-likeness (QED) is 0.452. The van der Waals surface area contributed by atoms with Gasteiger partial charge in [0.15, 0.2) is 17.3 Å². The lowest BCUT2D eigenvalue weighted by Crippen LogP contribution is -2.52. The number of ketones is 1. The van der Waals surface area contributed by atoms with Gasteiger partial charge in [0.05, 0.1) is 42.2 Å². The van der Waals surface area contributed by atoms with Crippen LogP contribution in [-0.4, -0.2) is 54.4 Å². The SMILES string of the molecule is COc1cc(C(=O)N2CCC3(CC2)CC(=O)c2cc(Cl)cc(Cl)c2O3)c([N+](=O)[O-])cc1OC. The Balaban J connectivity index is 1.57. The van der Waals surface area contributed by atoms with Crippen LogP contribution < -0.4 is 14.2 Å². The minimum Gasteiger partial charge on any atom is -0.493 e. The maximum absolute atomic E-state index is 13.2. The van der Waals surface area contributed by atoms with Gasteiger partial charge in [0.1, 0.15) is 16.9 Å². The zero-order valence-corrected chi connectivity index (χ0v) is 19.4. The number of ether oxygens (including phenoxy) is 3. The topological polar surface area (TPSA) is 108 Å². The van der Waals surface area contributed by atoms with Crippen LogP contribution >= 0.6 is 23.2 Å². The van der Waals surface area contributed by atoms with E-state index in [1.54, 1.807) is 0 Å². The molecule has 0 unspecified atom stereocenters. The van der Waals surface area contributed by atoms with E-state index in [1.807, 2.05) is 0 Å². The number of benzene rings is 2. The highest BCUT2D eigenvalue weighted by Crippen LogP contribution is 2.44. The number of amides is 1. The number of carbonyl (C=O) groups is 2. The standard InChI is InChI=1S/C22H20Cl2N2O7/c1-31-18-9-13(16(26(29)30)10-19(18)32-2)21(28)25-5-3-22(4-6-25)11-17(27)14-7-12(23)8-15(24)20(14)33-22/h7-10H,3-6,11H2,1-2H3. The summed E-state index contributed by atoms with van der Waals surface area (Å²) in [5.41, 5.74) is -0.934. The lowest BCUT2D eigenvalue weighted by molar-refractivity contribution is -0.385. The molecular weight excluding hydrogens is 475 g/mol. The minimum atomic E-state index is -0.804. The van der Waals surface area contributed by atoms with E-state index in [4.69, 9.17) is 37.4 Å². The maximum Gasteiger partial charge on any atom is 0.286 e. The van der Waals surface area contributed by atoms with Gasteiger partial charge in [0.25, 0.3) is 11.6 Å². The molecule has 2 aromatic carbocycles. The van der Waals surface area contributed by atoms with E-state index in [1.165, 1.54) is 43.4 Å².